The van der Waals surface area contributed by atoms with Gasteiger partial charge < -0.3 is 15.5 Å². The number of carbonyl (C=O) groups is 2. The summed E-state index contributed by atoms with van der Waals surface area (Å²) < 4.78 is 0. The van der Waals surface area contributed by atoms with Crippen LogP contribution in [-0.2, 0) is 9.59 Å². The average Bonchev–Trinajstić information content (AvgIpc) is 2.49. The first-order chi connectivity index (χ1) is 11.6. The summed E-state index contributed by atoms with van der Waals surface area (Å²) in [6.07, 6.45) is 0. The van der Waals surface area contributed by atoms with Crippen molar-refractivity contribution in [3.8, 4) is 0 Å². The highest BCUT2D eigenvalue weighted by Crippen LogP contribution is 2.15. The standard InChI is InChI=1S/C18H37N5O2/c1-18(2,3)16(24)14-22-10-8-20(4)6-7-21(5)9-11-23(13-12-22)15-17(19)25/h6-15H2,1-5H3,(H2,19,25). The molecule has 7 nitrogen and oxygen atoms in total. The van der Waals surface area contributed by atoms with Crippen LogP contribution >= 0.6 is 0 Å². The van der Waals surface area contributed by atoms with Gasteiger partial charge in [0.15, 0.2) is 5.78 Å². The number of nitrogens with two attached hydrogens (primary N) is 1. The number of carbonyl (C=O) groups excluding carboxylic acids is 2. The molecule has 7 heteroatoms. The fourth-order valence-electron chi connectivity index (χ4n) is 2.67. The molecule has 1 rings (SSSR count). The third-order valence-corrected chi connectivity index (χ3v) is 4.77. The largest absolute Gasteiger partial charge is 0.369 e. The van der Waals surface area contributed by atoms with Crippen LogP contribution in [0.1, 0.15) is 20.8 Å². The van der Waals surface area contributed by atoms with Gasteiger partial charge in [0.2, 0.25) is 5.91 Å². The van der Waals surface area contributed by atoms with Crippen molar-refractivity contribution < 1.29 is 9.59 Å². The zero-order chi connectivity index (χ0) is 19.0. The van der Waals surface area contributed by atoms with E-state index in [2.05, 4.69) is 33.7 Å². The van der Waals surface area contributed by atoms with Gasteiger partial charge in [-0.3, -0.25) is 19.4 Å². The fourth-order valence-corrected chi connectivity index (χ4v) is 2.67. The van der Waals surface area contributed by atoms with E-state index in [1.54, 1.807) is 0 Å². The van der Waals surface area contributed by atoms with Crippen LogP contribution in [0.4, 0.5) is 0 Å². The molecule has 1 saturated heterocycles. The maximum absolute atomic E-state index is 12.4. The van der Waals surface area contributed by atoms with Gasteiger partial charge in [0.05, 0.1) is 13.1 Å². The molecule has 0 unspecified atom stereocenters. The molecule has 0 bridgehead atoms. The van der Waals surface area contributed by atoms with Crippen LogP contribution in [0.15, 0.2) is 0 Å². The molecule has 1 fully saturated rings. The van der Waals surface area contributed by atoms with Crippen molar-refractivity contribution >= 4 is 11.7 Å². The Morgan fingerprint density at radius 2 is 1.12 bits per heavy atom. The predicted molar refractivity (Wildman–Crippen MR) is 102 cm³/mol. The summed E-state index contributed by atoms with van der Waals surface area (Å²) in [5.41, 5.74) is 5.07. The zero-order valence-corrected chi connectivity index (χ0v) is 16.8. The fraction of sp³-hybridized carbons (Fsp3) is 0.889. The molecule has 0 aliphatic carbocycles. The van der Waals surface area contributed by atoms with E-state index in [9.17, 15) is 9.59 Å². The molecule has 0 saturated carbocycles. The summed E-state index contributed by atoms with van der Waals surface area (Å²) in [6.45, 7) is 13.6. The lowest BCUT2D eigenvalue weighted by atomic mass is 9.90. The summed E-state index contributed by atoms with van der Waals surface area (Å²) in [5.74, 6) is -0.0461. The molecule has 1 aliphatic heterocycles. The summed E-state index contributed by atoms with van der Waals surface area (Å²) in [7, 11) is 4.24. The van der Waals surface area contributed by atoms with Gasteiger partial charge in [-0.05, 0) is 14.1 Å². The van der Waals surface area contributed by atoms with Gasteiger partial charge in [0, 0.05) is 57.8 Å². The second-order valence-electron chi connectivity index (χ2n) is 8.30. The second kappa shape index (κ2) is 10.2. The van der Waals surface area contributed by atoms with Crippen molar-refractivity contribution in [2.24, 2.45) is 11.1 Å². The normalized spacial score (nSPS) is 21.5. The number of hydrogen-bond donors (Lipinski definition) is 1. The van der Waals surface area contributed by atoms with Gasteiger partial charge in [-0.2, -0.15) is 0 Å². The number of hydrogen-bond acceptors (Lipinski definition) is 6. The van der Waals surface area contributed by atoms with E-state index in [0.717, 1.165) is 52.4 Å². The minimum atomic E-state index is -0.328. The lowest BCUT2D eigenvalue weighted by Crippen LogP contribution is -2.47. The van der Waals surface area contributed by atoms with Gasteiger partial charge >= 0.3 is 0 Å². The smallest absolute Gasteiger partial charge is 0.231 e. The molecule has 146 valence electrons. The number of amides is 1. The van der Waals surface area contributed by atoms with Crippen LogP contribution in [0.3, 0.4) is 0 Å². The Bertz CT molecular complexity index is 436. The summed E-state index contributed by atoms with van der Waals surface area (Å²) in [5, 5.41) is 0. The lowest BCUT2D eigenvalue weighted by molar-refractivity contribution is -0.127. The molecule has 2 N–H and O–H groups in total. The Morgan fingerprint density at radius 1 is 0.760 bits per heavy atom. The van der Waals surface area contributed by atoms with Crippen LogP contribution in [0.5, 0.6) is 0 Å². The first-order valence-electron chi connectivity index (χ1n) is 9.21. The molecule has 0 aromatic carbocycles. The third-order valence-electron chi connectivity index (χ3n) is 4.77. The molecular formula is C18H37N5O2. The van der Waals surface area contributed by atoms with E-state index in [0.29, 0.717) is 6.54 Å². The number of primary amides is 1. The minimum Gasteiger partial charge on any atom is -0.369 e. The van der Waals surface area contributed by atoms with E-state index >= 15 is 0 Å². The number of likely N-dealkylation sites (N-methyl/N-ethyl adjacent to an activating group) is 2. The number of Topliss-reactive ketones (excluding diaryl/α,β-unsaturated/α-hetero) is 1. The highest BCUT2D eigenvalue weighted by Gasteiger charge is 2.24. The summed E-state index contributed by atoms with van der Waals surface area (Å²) in [6, 6.07) is 0. The highest BCUT2D eigenvalue weighted by atomic mass is 16.1. The third kappa shape index (κ3) is 9.30. The average molecular weight is 356 g/mol. The number of ketones is 1. The topological polar surface area (TPSA) is 73.1 Å². The molecule has 1 aliphatic rings. The molecular weight excluding hydrogens is 318 g/mol. The Hall–Kier alpha value is -1.02. The second-order valence-corrected chi connectivity index (χ2v) is 8.30. The Labute approximate surface area is 153 Å². The van der Waals surface area contributed by atoms with E-state index in [1.165, 1.54) is 0 Å². The van der Waals surface area contributed by atoms with Crippen molar-refractivity contribution in [1.29, 1.82) is 0 Å². The Balaban J connectivity index is 2.75. The van der Waals surface area contributed by atoms with E-state index in [1.807, 2.05) is 20.8 Å². The van der Waals surface area contributed by atoms with Crippen LogP contribution in [-0.4, -0.2) is 111 Å². The molecule has 25 heavy (non-hydrogen) atoms. The van der Waals surface area contributed by atoms with Gasteiger partial charge in [-0.15, -0.1) is 0 Å². The molecule has 0 aromatic rings. The first-order valence-corrected chi connectivity index (χ1v) is 9.21. The molecule has 1 amide bonds. The summed E-state index contributed by atoms with van der Waals surface area (Å²) in [4.78, 5) is 32.7. The van der Waals surface area contributed by atoms with Crippen molar-refractivity contribution in [3.63, 3.8) is 0 Å². The van der Waals surface area contributed by atoms with E-state index in [-0.39, 0.29) is 23.7 Å². The molecule has 0 atom stereocenters. The quantitative estimate of drug-likeness (QED) is 0.738. The van der Waals surface area contributed by atoms with Crippen molar-refractivity contribution in [3.05, 3.63) is 0 Å². The van der Waals surface area contributed by atoms with Crippen LogP contribution < -0.4 is 5.73 Å². The maximum atomic E-state index is 12.4. The molecule has 1 heterocycles. The SMILES string of the molecule is CN1CCN(C)CCN(CC(=O)C(C)(C)C)CCN(CC(N)=O)CC1. The number of rotatable bonds is 4. The Kier molecular flexibility index (Phi) is 8.99. The minimum absolute atomic E-state index is 0.253. The van der Waals surface area contributed by atoms with Crippen LogP contribution in [0.25, 0.3) is 0 Å². The molecule has 0 spiro atoms. The van der Waals surface area contributed by atoms with E-state index in [4.69, 9.17) is 5.73 Å². The van der Waals surface area contributed by atoms with Crippen molar-refractivity contribution in [2.75, 3.05) is 79.5 Å². The van der Waals surface area contributed by atoms with Gasteiger partial charge in [-0.25, -0.2) is 0 Å². The monoisotopic (exact) mass is 355 g/mol. The number of nitrogens with zero attached hydrogens (tertiary/aromatic N) is 4. The maximum Gasteiger partial charge on any atom is 0.231 e. The van der Waals surface area contributed by atoms with Crippen molar-refractivity contribution in [2.45, 2.75) is 20.8 Å². The molecule has 0 aromatic heterocycles. The van der Waals surface area contributed by atoms with Crippen molar-refractivity contribution in [1.82, 2.24) is 19.6 Å². The molecule has 0 radical (unpaired) electrons. The van der Waals surface area contributed by atoms with Gasteiger partial charge in [-0.1, -0.05) is 20.8 Å². The first kappa shape index (κ1) is 22.0. The predicted octanol–water partition coefficient (Wildman–Crippen LogP) is -0.432. The highest BCUT2D eigenvalue weighted by molar-refractivity contribution is 5.85. The lowest BCUT2D eigenvalue weighted by Gasteiger charge is -2.32. The summed E-state index contributed by atoms with van der Waals surface area (Å²) >= 11 is 0. The van der Waals surface area contributed by atoms with Crippen LogP contribution in [0, 0.1) is 5.41 Å². The Morgan fingerprint density at radius 3 is 1.52 bits per heavy atom. The van der Waals surface area contributed by atoms with E-state index < -0.39 is 0 Å². The van der Waals surface area contributed by atoms with Gasteiger partial charge in [0.25, 0.3) is 0 Å². The van der Waals surface area contributed by atoms with Gasteiger partial charge in [0.1, 0.15) is 0 Å². The van der Waals surface area contributed by atoms with Crippen LogP contribution in [0.2, 0.25) is 0 Å². The zero-order valence-electron chi connectivity index (χ0n) is 16.8.